The van der Waals surface area contributed by atoms with Crippen molar-refractivity contribution < 1.29 is 0 Å². The van der Waals surface area contributed by atoms with Crippen LogP contribution in [0.15, 0.2) is 11.6 Å². The molecule has 0 amide bonds. The molecule has 1 heteroatoms. The third-order valence-corrected chi connectivity index (χ3v) is 3.28. The molecule has 2 N–H and O–H groups in total. The van der Waals surface area contributed by atoms with Crippen LogP contribution in [0.1, 0.15) is 58.8 Å². The van der Waals surface area contributed by atoms with Gasteiger partial charge in [-0.25, -0.2) is 0 Å². The van der Waals surface area contributed by atoms with E-state index in [-0.39, 0.29) is 0 Å². The second-order valence-electron chi connectivity index (χ2n) is 4.64. The smallest absolute Gasteiger partial charge is 0.00791 e. The first-order valence-corrected chi connectivity index (χ1v) is 6.21. The molecule has 2 atom stereocenters. The van der Waals surface area contributed by atoms with Crippen molar-refractivity contribution in [3.05, 3.63) is 11.6 Å². The van der Waals surface area contributed by atoms with E-state index in [4.69, 9.17) is 5.73 Å². The molecule has 1 rings (SSSR count). The van der Waals surface area contributed by atoms with Gasteiger partial charge in [0.05, 0.1) is 0 Å². The van der Waals surface area contributed by atoms with Gasteiger partial charge in [-0.3, -0.25) is 0 Å². The molecule has 0 spiro atoms. The Bertz CT molecular complexity index is 184. The summed E-state index contributed by atoms with van der Waals surface area (Å²) < 4.78 is 0. The summed E-state index contributed by atoms with van der Waals surface area (Å²) in [6.45, 7) is 4.57. The molecule has 0 bridgehead atoms. The van der Waals surface area contributed by atoms with Crippen LogP contribution in [0.25, 0.3) is 0 Å². The molecular formula is C13H25N. The maximum absolute atomic E-state index is 5.90. The fraction of sp³-hybridized carbons (Fsp3) is 0.846. The Morgan fingerprint density at radius 3 is 2.79 bits per heavy atom. The molecule has 0 saturated heterocycles. The molecule has 0 aliphatic heterocycles. The molecule has 0 aromatic carbocycles. The molecular weight excluding hydrogens is 170 g/mol. The first-order chi connectivity index (χ1) is 6.76. The second-order valence-corrected chi connectivity index (χ2v) is 4.64. The average molecular weight is 195 g/mol. The first kappa shape index (κ1) is 11.8. The monoisotopic (exact) mass is 195 g/mol. The molecule has 0 radical (unpaired) electrons. The van der Waals surface area contributed by atoms with Crippen LogP contribution in [0.4, 0.5) is 0 Å². The lowest BCUT2D eigenvalue weighted by Gasteiger charge is -2.10. The highest BCUT2D eigenvalue weighted by atomic mass is 14.6. The summed E-state index contributed by atoms with van der Waals surface area (Å²) in [5, 5.41) is 0. The van der Waals surface area contributed by atoms with Crippen molar-refractivity contribution in [3.8, 4) is 0 Å². The van der Waals surface area contributed by atoms with E-state index in [0.29, 0.717) is 6.04 Å². The fourth-order valence-electron chi connectivity index (χ4n) is 2.27. The largest absolute Gasteiger partial charge is 0.327 e. The van der Waals surface area contributed by atoms with E-state index >= 15 is 0 Å². The zero-order chi connectivity index (χ0) is 10.4. The van der Waals surface area contributed by atoms with Gasteiger partial charge in [0.25, 0.3) is 0 Å². The highest BCUT2D eigenvalue weighted by molar-refractivity contribution is 5.11. The Labute approximate surface area is 88.8 Å². The Morgan fingerprint density at radius 2 is 2.29 bits per heavy atom. The predicted molar refractivity (Wildman–Crippen MR) is 63.2 cm³/mol. The lowest BCUT2D eigenvalue weighted by atomic mass is 9.96. The second kappa shape index (κ2) is 6.23. The predicted octanol–water partition coefficient (Wildman–Crippen LogP) is 3.64. The maximum atomic E-state index is 5.90. The Kier molecular flexibility index (Phi) is 5.24. The van der Waals surface area contributed by atoms with E-state index in [2.05, 4.69) is 19.9 Å². The number of nitrogens with two attached hydrogens (primary N) is 1. The molecule has 2 unspecified atom stereocenters. The van der Waals surface area contributed by atoms with Crippen LogP contribution < -0.4 is 5.73 Å². The lowest BCUT2D eigenvalue weighted by molar-refractivity contribution is 0.536. The minimum absolute atomic E-state index is 0.449. The van der Waals surface area contributed by atoms with Crippen molar-refractivity contribution in [1.29, 1.82) is 0 Å². The van der Waals surface area contributed by atoms with Crippen LogP contribution in [0.2, 0.25) is 0 Å². The number of allylic oxidation sites excluding steroid dienone is 1. The van der Waals surface area contributed by atoms with E-state index < -0.39 is 0 Å². The summed E-state index contributed by atoms with van der Waals surface area (Å²) in [5.74, 6) is 0.815. The molecule has 1 saturated carbocycles. The lowest BCUT2D eigenvalue weighted by Crippen LogP contribution is -2.13. The van der Waals surface area contributed by atoms with Gasteiger partial charge < -0.3 is 5.73 Å². The van der Waals surface area contributed by atoms with Crippen molar-refractivity contribution in [2.24, 2.45) is 11.7 Å². The minimum atomic E-state index is 0.449. The zero-order valence-corrected chi connectivity index (χ0v) is 9.76. The van der Waals surface area contributed by atoms with Crippen molar-refractivity contribution in [1.82, 2.24) is 0 Å². The first-order valence-electron chi connectivity index (χ1n) is 6.21. The van der Waals surface area contributed by atoms with Gasteiger partial charge in [-0.2, -0.15) is 0 Å². The average Bonchev–Trinajstić information content (AvgIpc) is 2.58. The zero-order valence-electron chi connectivity index (χ0n) is 9.76. The molecule has 0 aromatic heterocycles. The number of rotatable bonds is 5. The van der Waals surface area contributed by atoms with Crippen LogP contribution in [0, 0.1) is 5.92 Å². The molecule has 1 nitrogen and oxygen atoms in total. The molecule has 82 valence electrons. The van der Waals surface area contributed by atoms with E-state index in [1.807, 2.05) is 0 Å². The summed E-state index contributed by atoms with van der Waals surface area (Å²) >= 11 is 0. The minimum Gasteiger partial charge on any atom is -0.327 e. The topological polar surface area (TPSA) is 26.0 Å². The normalized spacial score (nSPS) is 27.1. The van der Waals surface area contributed by atoms with Crippen LogP contribution in [0.5, 0.6) is 0 Å². The highest BCUT2D eigenvalue weighted by Crippen LogP contribution is 2.26. The molecule has 1 fully saturated rings. The SMILES string of the molecule is CCCCC(/C=C1\CCC(N)C1)CC. The molecule has 0 aromatic rings. The van der Waals surface area contributed by atoms with Gasteiger partial charge in [-0.05, 0) is 38.0 Å². The van der Waals surface area contributed by atoms with Crippen LogP contribution in [-0.2, 0) is 0 Å². The van der Waals surface area contributed by atoms with Crippen molar-refractivity contribution in [2.75, 3.05) is 0 Å². The van der Waals surface area contributed by atoms with Crippen LogP contribution in [-0.4, -0.2) is 6.04 Å². The van der Waals surface area contributed by atoms with Gasteiger partial charge in [0.1, 0.15) is 0 Å². The Morgan fingerprint density at radius 1 is 1.50 bits per heavy atom. The van der Waals surface area contributed by atoms with Crippen molar-refractivity contribution in [3.63, 3.8) is 0 Å². The Hall–Kier alpha value is -0.300. The van der Waals surface area contributed by atoms with E-state index in [1.54, 1.807) is 5.57 Å². The van der Waals surface area contributed by atoms with Gasteiger partial charge in [0.2, 0.25) is 0 Å². The number of hydrogen-bond donors (Lipinski definition) is 1. The van der Waals surface area contributed by atoms with E-state index in [9.17, 15) is 0 Å². The summed E-state index contributed by atoms with van der Waals surface area (Å²) in [4.78, 5) is 0. The Balaban J connectivity index is 2.37. The van der Waals surface area contributed by atoms with Crippen LogP contribution in [0.3, 0.4) is 0 Å². The van der Waals surface area contributed by atoms with Gasteiger partial charge >= 0.3 is 0 Å². The number of hydrogen-bond acceptors (Lipinski definition) is 1. The fourth-order valence-corrected chi connectivity index (χ4v) is 2.27. The van der Waals surface area contributed by atoms with Crippen LogP contribution >= 0.6 is 0 Å². The molecule has 0 heterocycles. The van der Waals surface area contributed by atoms with Gasteiger partial charge in [0, 0.05) is 6.04 Å². The summed E-state index contributed by atoms with van der Waals surface area (Å²) in [7, 11) is 0. The molecule has 1 aliphatic rings. The third kappa shape index (κ3) is 3.83. The summed E-state index contributed by atoms with van der Waals surface area (Å²) in [6.07, 6.45) is 11.5. The van der Waals surface area contributed by atoms with Gasteiger partial charge in [-0.15, -0.1) is 0 Å². The van der Waals surface area contributed by atoms with Gasteiger partial charge in [-0.1, -0.05) is 38.3 Å². The summed E-state index contributed by atoms with van der Waals surface area (Å²) in [5.41, 5.74) is 7.53. The number of unbranched alkanes of at least 4 members (excludes halogenated alkanes) is 1. The maximum Gasteiger partial charge on any atom is 0.00791 e. The molecule has 1 aliphatic carbocycles. The van der Waals surface area contributed by atoms with E-state index in [1.165, 1.54) is 38.5 Å². The van der Waals surface area contributed by atoms with Crippen molar-refractivity contribution >= 4 is 0 Å². The van der Waals surface area contributed by atoms with Gasteiger partial charge in [0.15, 0.2) is 0 Å². The van der Waals surface area contributed by atoms with E-state index in [0.717, 1.165) is 12.3 Å². The summed E-state index contributed by atoms with van der Waals surface area (Å²) in [6, 6.07) is 0.449. The quantitative estimate of drug-likeness (QED) is 0.666. The third-order valence-electron chi connectivity index (χ3n) is 3.28. The van der Waals surface area contributed by atoms with Crippen molar-refractivity contribution in [2.45, 2.75) is 64.8 Å². The molecule has 14 heavy (non-hydrogen) atoms. The highest BCUT2D eigenvalue weighted by Gasteiger charge is 2.16. The standard InChI is InChI=1S/C13H25N/c1-3-5-6-11(4-2)9-12-7-8-13(14)10-12/h9,11,13H,3-8,10,14H2,1-2H3/b12-9+.